The van der Waals surface area contributed by atoms with E-state index in [1.54, 1.807) is 19.1 Å². The zero-order valence-corrected chi connectivity index (χ0v) is 10.2. The van der Waals surface area contributed by atoms with Gasteiger partial charge < -0.3 is 20.1 Å². The molecule has 1 rings (SSSR count). The van der Waals surface area contributed by atoms with Crippen LogP contribution in [0, 0.1) is 0 Å². The van der Waals surface area contributed by atoms with Crippen LogP contribution in [0.1, 0.15) is 26.2 Å². The van der Waals surface area contributed by atoms with Crippen LogP contribution >= 0.6 is 0 Å². The first-order valence-electron chi connectivity index (χ1n) is 5.82. The Balaban J connectivity index is 0.000000325. The summed E-state index contributed by atoms with van der Waals surface area (Å²) in [7, 11) is 0. The molecular weight excluding hydrogens is 220 g/mol. The summed E-state index contributed by atoms with van der Waals surface area (Å²) in [5, 5.41) is 25.2. The maximum absolute atomic E-state index is 8.78. The van der Waals surface area contributed by atoms with Gasteiger partial charge in [0, 0.05) is 13.2 Å². The fourth-order valence-electron chi connectivity index (χ4n) is 1.10. The maximum Gasteiger partial charge on any atom is 0.194 e. The number of rotatable bonds is 6. The lowest BCUT2D eigenvalue weighted by Crippen LogP contribution is -2.08. The largest absolute Gasteiger partial charge is 0.465 e. The van der Waals surface area contributed by atoms with Crippen molar-refractivity contribution in [2.45, 2.75) is 32.5 Å². The quantitative estimate of drug-likeness (QED) is 0.523. The lowest BCUT2D eigenvalue weighted by Gasteiger charge is -2.06. The summed E-state index contributed by atoms with van der Waals surface area (Å²) in [6, 6.07) is 9.21. The van der Waals surface area contributed by atoms with Gasteiger partial charge in [0.15, 0.2) is 6.29 Å². The van der Waals surface area contributed by atoms with Gasteiger partial charge >= 0.3 is 0 Å². The predicted octanol–water partition coefficient (Wildman–Crippen LogP) is 1.54. The summed E-state index contributed by atoms with van der Waals surface area (Å²) in [6.07, 6.45) is 1.84. The van der Waals surface area contributed by atoms with E-state index in [-0.39, 0.29) is 13.2 Å². The molecular formula is C13H22O4. The van der Waals surface area contributed by atoms with Crippen LogP contribution < -0.4 is 4.74 Å². The number of aliphatic hydroxyl groups excluding tert-OH is 3. The molecule has 3 N–H and O–H groups in total. The van der Waals surface area contributed by atoms with Crippen molar-refractivity contribution >= 4 is 0 Å². The lowest BCUT2D eigenvalue weighted by molar-refractivity contribution is -0.000288. The van der Waals surface area contributed by atoms with Crippen LogP contribution in [0.25, 0.3) is 0 Å². The fourth-order valence-corrected chi connectivity index (χ4v) is 1.10. The van der Waals surface area contributed by atoms with Gasteiger partial charge in [0.25, 0.3) is 0 Å². The minimum atomic E-state index is -0.734. The van der Waals surface area contributed by atoms with Gasteiger partial charge in [-0.15, -0.1) is 0 Å². The van der Waals surface area contributed by atoms with Gasteiger partial charge in [-0.2, -0.15) is 0 Å². The normalized spacial score (nSPS) is 11.3. The number of hydrogen-bond donors (Lipinski definition) is 3. The minimum Gasteiger partial charge on any atom is -0.465 e. The molecule has 0 amide bonds. The Kier molecular flexibility index (Phi) is 10.7. The van der Waals surface area contributed by atoms with Gasteiger partial charge in [0.1, 0.15) is 5.75 Å². The number of ether oxygens (including phenoxy) is 1. The molecule has 0 aromatic heterocycles. The molecule has 0 aliphatic carbocycles. The summed E-state index contributed by atoms with van der Waals surface area (Å²) < 4.78 is 4.97. The molecule has 0 aliphatic heterocycles. The van der Waals surface area contributed by atoms with Gasteiger partial charge in [-0.05, 0) is 38.3 Å². The Hall–Kier alpha value is -1.10. The maximum atomic E-state index is 8.78. The number of para-hydroxylation sites is 1. The monoisotopic (exact) mass is 242 g/mol. The van der Waals surface area contributed by atoms with Crippen molar-refractivity contribution in [1.29, 1.82) is 0 Å². The van der Waals surface area contributed by atoms with Crippen LogP contribution in [0.2, 0.25) is 0 Å². The molecule has 0 fully saturated rings. The van der Waals surface area contributed by atoms with E-state index < -0.39 is 6.29 Å². The highest BCUT2D eigenvalue weighted by molar-refractivity contribution is 5.20. The second-order valence-corrected chi connectivity index (χ2v) is 3.54. The molecule has 4 nitrogen and oxygen atoms in total. The van der Waals surface area contributed by atoms with Gasteiger partial charge in [0.05, 0.1) is 0 Å². The Morgan fingerprint density at radius 3 is 1.94 bits per heavy atom. The van der Waals surface area contributed by atoms with Crippen LogP contribution in [0.3, 0.4) is 0 Å². The third-order valence-electron chi connectivity index (χ3n) is 1.87. The molecule has 1 aromatic rings. The van der Waals surface area contributed by atoms with Crippen molar-refractivity contribution in [1.82, 2.24) is 0 Å². The van der Waals surface area contributed by atoms with Crippen molar-refractivity contribution in [3.05, 3.63) is 30.3 Å². The van der Waals surface area contributed by atoms with Crippen LogP contribution in [-0.2, 0) is 0 Å². The topological polar surface area (TPSA) is 69.9 Å². The molecule has 0 aliphatic rings. The van der Waals surface area contributed by atoms with E-state index in [9.17, 15) is 0 Å². The summed E-state index contributed by atoms with van der Waals surface area (Å²) in [5.74, 6) is 0.692. The third kappa shape index (κ3) is 11.2. The van der Waals surface area contributed by atoms with E-state index in [1.807, 2.05) is 18.2 Å². The molecule has 0 saturated heterocycles. The van der Waals surface area contributed by atoms with Crippen LogP contribution in [0.4, 0.5) is 0 Å². The average Bonchev–Trinajstić information content (AvgIpc) is 2.31. The van der Waals surface area contributed by atoms with Crippen LogP contribution in [-0.4, -0.2) is 34.8 Å². The van der Waals surface area contributed by atoms with E-state index in [0.717, 1.165) is 19.3 Å². The summed E-state index contributed by atoms with van der Waals surface area (Å²) >= 11 is 0. The van der Waals surface area contributed by atoms with E-state index in [1.165, 1.54) is 0 Å². The molecule has 0 bridgehead atoms. The van der Waals surface area contributed by atoms with Crippen molar-refractivity contribution in [3.63, 3.8) is 0 Å². The first-order chi connectivity index (χ1) is 8.20. The summed E-state index contributed by atoms with van der Waals surface area (Å²) in [5.41, 5.74) is 0. The van der Waals surface area contributed by atoms with E-state index >= 15 is 0 Å². The Bertz CT molecular complexity index is 245. The van der Waals surface area contributed by atoms with Gasteiger partial charge in [-0.25, -0.2) is 0 Å². The molecule has 17 heavy (non-hydrogen) atoms. The van der Waals surface area contributed by atoms with Crippen LogP contribution in [0.15, 0.2) is 30.3 Å². The first-order valence-corrected chi connectivity index (χ1v) is 5.82. The highest BCUT2D eigenvalue weighted by Crippen LogP contribution is 2.09. The highest BCUT2D eigenvalue weighted by Gasteiger charge is 1.94. The number of benzene rings is 1. The zero-order valence-electron chi connectivity index (χ0n) is 10.2. The molecule has 98 valence electrons. The smallest absolute Gasteiger partial charge is 0.194 e. The molecule has 0 heterocycles. The third-order valence-corrected chi connectivity index (χ3v) is 1.87. The SMILES string of the molecule is CC(O)Oc1ccccc1.OCCCCCO. The second kappa shape index (κ2) is 11.4. The van der Waals surface area contributed by atoms with Crippen molar-refractivity contribution in [3.8, 4) is 5.75 Å². The lowest BCUT2D eigenvalue weighted by atomic mass is 10.2. The van der Waals surface area contributed by atoms with Gasteiger partial charge in [-0.3, -0.25) is 0 Å². The fraction of sp³-hybridized carbons (Fsp3) is 0.538. The van der Waals surface area contributed by atoms with E-state index in [2.05, 4.69) is 0 Å². The Morgan fingerprint density at radius 2 is 1.53 bits per heavy atom. The van der Waals surface area contributed by atoms with Gasteiger partial charge in [-0.1, -0.05) is 18.2 Å². The van der Waals surface area contributed by atoms with Crippen LogP contribution in [0.5, 0.6) is 5.75 Å². The van der Waals surface area contributed by atoms with E-state index in [0.29, 0.717) is 5.75 Å². The number of unbranched alkanes of at least 4 members (excludes halogenated alkanes) is 2. The van der Waals surface area contributed by atoms with Crippen molar-refractivity contribution < 1.29 is 20.1 Å². The Labute approximate surface area is 102 Å². The second-order valence-electron chi connectivity index (χ2n) is 3.54. The molecule has 0 saturated carbocycles. The molecule has 0 radical (unpaired) electrons. The molecule has 1 aromatic carbocycles. The average molecular weight is 242 g/mol. The predicted molar refractivity (Wildman–Crippen MR) is 66.8 cm³/mol. The summed E-state index contributed by atoms with van der Waals surface area (Å²) in [4.78, 5) is 0. The summed E-state index contributed by atoms with van der Waals surface area (Å²) in [6.45, 7) is 2.08. The zero-order chi connectivity index (χ0) is 12.9. The molecule has 1 unspecified atom stereocenters. The molecule has 4 heteroatoms. The van der Waals surface area contributed by atoms with Gasteiger partial charge in [0.2, 0.25) is 0 Å². The number of hydrogen-bond acceptors (Lipinski definition) is 4. The minimum absolute atomic E-state index is 0.250. The highest BCUT2D eigenvalue weighted by atomic mass is 16.6. The number of aliphatic hydroxyl groups is 3. The standard InChI is InChI=1S/C8H10O2.C5H12O2/c1-7(9)10-8-5-3-2-4-6-8;6-4-2-1-3-5-7/h2-7,9H,1H3;6-7H,1-5H2. The van der Waals surface area contributed by atoms with Crippen molar-refractivity contribution in [2.75, 3.05) is 13.2 Å². The molecule has 1 atom stereocenters. The Morgan fingerprint density at radius 1 is 1.00 bits per heavy atom. The molecule has 0 spiro atoms. The van der Waals surface area contributed by atoms with Crippen molar-refractivity contribution in [2.24, 2.45) is 0 Å². The van der Waals surface area contributed by atoms with E-state index in [4.69, 9.17) is 20.1 Å². The first kappa shape index (κ1) is 15.9.